The first-order valence-electron chi connectivity index (χ1n) is 8.45. The van der Waals surface area contributed by atoms with Gasteiger partial charge in [0.05, 0.1) is 5.56 Å². The number of nitrogens with one attached hydrogen (secondary N) is 1. The molecule has 27 heavy (non-hydrogen) atoms. The van der Waals surface area contributed by atoms with Crippen LogP contribution in [0.25, 0.3) is 0 Å². The Balaban J connectivity index is 1.71. The van der Waals surface area contributed by atoms with Crippen LogP contribution in [0.3, 0.4) is 0 Å². The van der Waals surface area contributed by atoms with Gasteiger partial charge in [-0.05, 0) is 54.8 Å². The van der Waals surface area contributed by atoms with E-state index >= 15 is 0 Å². The van der Waals surface area contributed by atoms with Gasteiger partial charge < -0.3 is 16.0 Å². The molecule has 0 bridgehead atoms. The third kappa shape index (κ3) is 4.21. The molecule has 8 heteroatoms. The van der Waals surface area contributed by atoms with Crippen molar-refractivity contribution in [3.8, 4) is 0 Å². The Morgan fingerprint density at radius 2 is 1.85 bits per heavy atom. The van der Waals surface area contributed by atoms with Crippen molar-refractivity contribution in [1.82, 2.24) is 4.90 Å². The zero-order valence-corrected chi connectivity index (χ0v) is 14.3. The summed E-state index contributed by atoms with van der Waals surface area (Å²) in [4.78, 5) is 25.0. The van der Waals surface area contributed by atoms with Crippen LogP contribution in [0.15, 0.2) is 36.4 Å². The summed E-state index contributed by atoms with van der Waals surface area (Å²) in [7, 11) is 0. The van der Waals surface area contributed by atoms with Gasteiger partial charge in [0.2, 0.25) is 0 Å². The maximum atomic E-state index is 14.0. The van der Waals surface area contributed by atoms with Crippen LogP contribution < -0.4 is 11.1 Å². The summed E-state index contributed by atoms with van der Waals surface area (Å²) in [6.07, 6.45) is 1.26. The number of primary amides is 1. The lowest BCUT2D eigenvalue weighted by Crippen LogP contribution is -2.41. The van der Waals surface area contributed by atoms with E-state index in [1.165, 1.54) is 17.0 Å². The van der Waals surface area contributed by atoms with E-state index in [0.717, 1.165) is 24.3 Å². The summed E-state index contributed by atoms with van der Waals surface area (Å²) in [5, 5.41) is 2.54. The lowest BCUT2D eigenvalue weighted by atomic mass is 9.90. The van der Waals surface area contributed by atoms with Crippen molar-refractivity contribution in [2.24, 2.45) is 5.73 Å². The van der Waals surface area contributed by atoms with Crippen molar-refractivity contribution in [2.75, 3.05) is 18.4 Å². The maximum absolute atomic E-state index is 14.0. The Morgan fingerprint density at radius 3 is 2.56 bits per heavy atom. The first-order chi connectivity index (χ1) is 12.8. The van der Waals surface area contributed by atoms with E-state index < -0.39 is 29.4 Å². The quantitative estimate of drug-likeness (QED) is 0.857. The molecule has 1 aliphatic rings. The highest BCUT2D eigenvalue weighted by molar-refractivity contribution is 5.94. The van der Waals surface area contributed by atoms with Gasteiger partial charge in [0.1, 0.15) is 17.5 Å². The van der Waals surface area contributed by atoms with E-state index in [1.807, 2.05) is 0 Å². The average Bonchev–Trinajstić information content (AvgIpc) is 2.63. The Hall–Kier alpha value is -3.03. The molecule has 3 amide bonds. The molecule has 0 saturated carbocycles. The van der Waals surface area contributed by atoms with E-state index in [2.05, 4.69) is 5.32 Å². The number of hydrogen-bond acceptors (Lipinski definition) is 2. The third-order valence-electron chi connectivity index (χ3n) is 4.59. The predicted octanol–water partition coefficient (Wildman–Crippen LogP) is 3.61. The van der Waals surface area contributed by atoms with Gasteiger partial charge in [-0.25, -0.2) is 18.0 Å². The van der Waals surface area contributed by atoms with Crippen LogP contribution in [0.2, 0.25) is 0 Å². The molecule has 1 fully saturated rings. The van der Waals surface area contributed by atoms with Crippen LogP contribution in [0.4, 0.5) is 23.7 Å². The molecule has 142 valence electrons. The van der Waals surface area contributed by atoms with Crippen LogP contribution in [0.5, 0.6) is 0 Å². The van der Waals surface area contributed by atoms with Crippen LogP contribution in [0.1, 0.15) is 34.7 Å². The second kappa shape index (κ2) is 7.69. The van der Waals surface area contributed by atoms with Crippen LogP contribution in [-0.2, 0) is 0 Å². The molecule has 0 spiro atoms. The zero-order valence-electron chi connectivity index (χ0n) is 14.3. The highest BCUT2D eigenvalue weighted by atomic mass is 19.1. The molecule has 2 aromatic carbocycles. The Morgan fingerprint density at radius 1 is 1.07 bits per heavy atom. The number of piperidine rings is 1. The minimum absolute atomic E-state index is 0.168. The summed E-state index contributed by atoms with van der Waals surface area (Å²) in [6, 6.07) is 6.36. The summed E-state index contributed by atoms with van der Waals surface area (Å²) < 4.78 is 41.3. The molecule has 0 unspecified atom stereocenters. The molecule has 1 atom stereocenters. The lowest BCUT2D eigenvalue weighted by Gasteiger charge is -2.33. The summed E-state index contributed by atoms with van der Waals surface area (Å²) in [5.74, 6) is -3.10. The molecule has 1 saturated heterocycles. The topological polar surface area (TPSA) is 75.4 Å². The predicted molar refractivity (Wildman–Crippen MR) is 93.8 cm³/mol. The van der Waals surface area contributed by atoms with Crippen LogP contribution >= 0.6 is 0 Å². The van der Waals surface area contributed by atoms with Gasteiger partial charge >= 0.3 is 6.03 Å². The molecule has 1 aliphatic heterocycles. The fraction of sp³-hybridized carbons (Fsp3) is 0.263. The average molecular weight is 377 g/mol. The van der Waals surface area contributed by atoms with Gasteiger partial charge in [-0.2, -0.15) is 0 Å². The van der Waals surface area contributed by atoms with Crippen molar-refractivity contribution >= 4 is 17.6 Å². The highest BCUT2D eigenvalue weighted by Crippen LogP contribution is 2.29. The number of hydrogen-bond donors (Lipinski definition) is 2. The Labute approximate surface area is 154 Å². The fourth-order valence-electron chi connectivity index (χ4n) is 3.24. The number of amides is 3. The fourth-order valence-corrected chi connectivity index (χ4v) is 3.24. The number of carbonyl (C=O) groups is 2. The number of likely N-dealkylation sites (tertiary alicyclic amines) is 1. The molecular weight excluding hydrogens is 359 g/mol. The van der Waals surface area contributed by atoms with E-state index in [0.29, 0.717) is 19.4 Å². The minimum Gasteiger partial charge on any atom is -0.366 e. The second-order valence-corrected chi connectivity index (χ2v) is 6.44. The molecule has 3 N–H and O–H groups in total. The van der Waals surface area contributed by atoms with Gasteiger partial charge in [0.15, 0.2) is 0 Å². The van der Waals surface area contributed by atoms with E-state index in [9.17, 15) is 22.8 Å². The molecule has 3 rings (SSSR count). The van der Waals surface area contributed by atoms with Gasteiger partial charge in [0.25, 0.3) is 5.91 Å². The van der Waals surface area contributed by atoms with Gasteiger partial charge in [-0.3, -0.25) is 4.79 Å². The number of halogens is 3. The van der Waals surface area contributed by atoms with Crippen molar-refractivity contribution in [2.45, 2.75) is 18.8 Å². The Kier molecular flexibility index (Phi) is 5.34. The normalized spacial score (nSPS) is 16.9. The highest BCUT2D eigenvalue weighted by Gasteiger charge is 2.27. The number of carbonyl (C=O) groups excluding carboxylic acids is 2. The number of rotatable bonds is 3. The third-order valence-corrected chi connectivity index (χ3v) is 4.59. The van der Waals surface area contributed by atoms with Crippen LogP contribution in [0, 0.1) is 17.5 Å². The molecular formula is C19H18F3N3O2. The molecule has 2 aromatic rings. The summed E-state index contributed by atoms with van der Waals surface area (Å²) >= 11 is 0. The number of nitrogens with zero attached hydrogens (tertiary/aromatic N) is 1. The molecule has 0 aliphatic carbocycles. The van der Waals surface area contributed by atoms with Crippen molar-refractivity contribution in [3.63, 3.8) is 0 Å². The molecule has 0 radical (unpaired) electrons. The van der Waals surface area contributed by atoms with Gasteiger partial charge in [0, 0.05) is 24.7 Å². The van der Waals surface area contributed by atoms with Crippen molar-refractivity contribution in [3.05, 3.63) is 65.0 Å². The van der Waals surface area contributed by atoms with E-state index in [-0.39, 0.29) is 29.3 Å². The van der Waals surface area contributed by atoms with E-state index in [1.54, 1.807) is 0 Å². The monoisotopic (exact) mass is 377 g/mol. The second-order valence-electron chi connectivity index (χ2n) is 6.44. The van der Waals surface area contributed by atoms with Crippen molar-refractivity contribution < 1.29 is 22.8 Å². The summed E-state index contributed by atoms with van der Waals surface area (Å²) in [5.41, 5.74) is 5.18. The first-order valence-corrected chi connectivity index (χ1v) is 8.45. The van der Waals surface area contributed by atoms with Gasteiger partial charge in [-0.1, -0.05) is 0 Å². The maximum Gasteiger partial charge on any atom is 0.321 e. The molecule has 1 heterocycles. The first kappa shape index (κ1) is 18.8. The number of anilines is 1. The molecule has 0 aromatic heterocycles. The lowest BCUT2D eigenvalue weighted by molar-refractivity contribution is 0.0996. The zero-order chi connectivity index (χ0) is 19.6. The number of benzene rings is 2. The van der Waals surface area contributed by atoms with E-state index in [4.69, 9.17) is 5.73 Å². The number of urea groups is 1. The SMILES string of the molecule is NC(=O)c1ccc(NC(=O)N2CCC[C@H](c3cc(F)ccc3F)C2)cc1F. The van der Waals surface area contributed by atoms with Crippen molar-refractivity contribution in [1.29, 1.82) is 0 Å². The molecule has 5 nitrogen and oxygen atoms in total. The minimum atomic E-state index is -0.902. The summed E-state index contributed by atoms with van der Waals surface area (Å²) in [6.45, 7) is 0.662. The Bertz CT molecular complexity index is 888. The van der Waals surface area contributed by atoms with Crippen LogP contribution in [-0.4, -0.2) is 29.9 Å². The smallest absolute Gasteiger partial charge is 0.321 e. The van der Waals surface area contributed by atoms with Gasteiger partial charge in [-0.15, -0.1) is 0 Å². The standard InChI is InChI=1S/C19H18F3N3O2/c20-12-3-6-16(21)15(8-12)11-2-1-7-25(10-11)19(27)24-13-4-5-14(18(23)26)17(22)9-13/h3-6,8-9,11H,1-2,7,10H2,(H2,23,26)(H,24,27)/t11-/m0/s1. The largest absolute Gasteiger partial charge is 0.366 e. The number of nitrogens with two attached hydrogens (primary N) is 1.